The van der Waals surface area contributed by atoms with E-state index in [0.717, 1.165) is 11.1 Å². The summed E-state index contributed by atoms with van der Waals surface area (Å²) in [6, 6.07) is 8.95. The summed E-state index contributed by atoms with van der Waals surface area (Å²) in [5.41, 5.74) is 2.50. The van der Waals surface area contributed by atoms with Crippen LogP contribution in [0.4, 0.5) is 0 Å². The molecule has 2 atom stereocenters. The number of benzene rings is 1. The number of H-pyrrole nitrogens is 1. The average molecular weight is 691 g/mol. The Morgan fingerprint density at radius 2 is 1.62 bits per heavy atom. The van der Waals surface area contributed by atoms with Gasteiger partial charge in [-0.2, -0.15) is 5.10 Å². The summed E-state index contributed by atoms with van der Waals surface area (Å²) in [5.74, 6) is -0.533. The van der Waals surface area contributed by atoms with Crippen LogP contribution in [0.2, 0.25) is 0 Å². The molecule has 4 N–H and O–H groups in total. The van der Waals surface area contributed by atoms with Gasteiger partial charge in [-0.3, -0.25) is 24.3 Å². The zero-order chi connectivity index (χ0) is 33.9. The smallest absolute Gasteiger partial charge is 0.271 e. The van der Waals surface area contributed by atoms with Crippen LogP contribution >= 0.6 is 22.7 Å². The first-order valence-electron chi connectivity index (χ1n) is 16.3. The molecule has 0 unspecified atom stereocenters. The summed E-state index contributed by atoms with van der Waals surface area (Å²) < 4.78 is 0. The van der Waals surface area contributed by atoms with E-state index >= 15 is 0 Å². The van der Waals surface area contributed by atoms with Crippen molar-refractivity contribution in [2.75, 3.05) is 19.6 Å². The summed E-state index contributed by atoms with van der Waals surface area (Å²) in [6.07, 6.45) is 6.77. The maximum Gasteiger partial charge on any atom is 0.271 e. The second-order valence-electron chi connectivity index (χ2n) is 12.3. The third-order valence-electron chi connectivity index (χ3n) is 7.99. The predicted octanol–water partition coefficient (Wildman–Crippen LogP) is 4.62. The third kappa shape index (κ3) is 10.0. The minimum atomic E-state index is -0.488. The zero-order valence-electron chi connectivity index (χ0n) is 27.2. The summed E-state index contributed by atoms with van der Waals surface area (Å²) >= 11 is 2.66. The molecule has 254 valence electrons. The molecule has 4 heterocycles. The molecule has 48 heavy (non-hydrogen) atoms. The number of aromatic amines is 1. The summed E-state index contributed by atoms with van der Waals surface area (Å²) in [6.45, 7) is 5.37. The van der Waals surface area contributed by atoms with Crippen LogP contribution in [0.5, 0.6) is 0 Å². The molecule has 4 bridgehead atoms. The van der Waals surface area contributed by atoms with E-state index in [9.17, 15) is 19.2 Å². The Bertz CT molecular complexity index is 1650. The van der Waals surface area contributed by atoms with E-state index in [1.54, 1.807) is 28.1 Å². The normalized spacial score (nSPS) is 18.5. The maximum absolute atomic E-state index is 13.5. The number of amides is 4. The van der Waals surface area contributed by atoms with Gasteiger partial charge in [0.2, 0.25) is 11.8 Å². The van der Waals surface area contributed by atoms with Crippen molar-refractivity contribution in [3.63, 3.8) is 0 Å². The number of nitrogens with one attached hydrogen (secondary N) is 4. The second-order valence-corrected chi connectivity index (χ2v) is 14.1. The van der Waals surface area contributed by atoms with Crippen molar-refractivity contribution in [1.82, 2.24) is 41.0 Å². The van der Waals surface area contributed by atoms with E-state index in [1.165, 1.54) is 22.7 Å². The van der Waals surface area contributed by atoms with Gasteiger partial charge in [0.15, 0.2) is 0 Å². The van der Waals surface area contributed by atoms with Crippen molar-refractivity contribution in [3.8, 4) is 0 Å². The Labute approximate surface area is 288 Å². The SMILES string of the molecule is CC(C)C[C@@H]1NC(=O)CCCN(C(=O)CCc2cn[nH]c2)CCCNC(=O)c2csc(n2)[C@H](Cc2ccccc2)NC(=O)c2csc1n2. The van der Waals surface area contributed by atoms with Crippen molar-refractivity contribution in [2.24, 2.45) is 5.92 Å². The number of hydrogen-bond donors (Lipinski definition) is 4. The predicted molar refractivity (Wildman–Crippen MR) is 185 cm³/mol. The monoisotopic (exact) mass is 690 g/mol. The van der Waals surface area contributed by atoms with Crippen LogP contribution in [0.15, 0.2) is 53.5 Å². The van der Waals surface area contributed by atoms with Crippen molar-refractivity contribution in [2.45, 2.75) is 70.9 Å². The van der Waals surface area contributed by atoms with Crippen LogP contribution in [0.3, 0.4) is 0 Å². The number of carbonyl (C=O) groups is 4. The summed E-state index contributed by atoms with van der Waals surface area (Å²) in [4.78, 5) is 64.1. The number of rotatable bonds is 7. The number of aryl methyl sites for hydroxylation is 1. The van der Waals surface area contributed by atoms with Gasteiger partial charge in [-0.05, 0) is 49.1 Å². The highest BCUT2D eigenvalue weighted by molar-refractivity contribution is 7.10. The maximum atomic E-state index is 13.5. The largest absolute Gasteiger partial charge is 0.351 e. The minimum Gasteiger partial charge on any atom is -0.351 e. The lowest BCUT2D eigenvalue weighted by molar-refractivity contribution is -0.132. The number of thiazole rings is 2. The molecule has 4 aromatic rings. The van der Waals surface area contributed by atoms with Crippen LogP contribution in [-0.2, 0) is 22.4 Å². The lowest BCUT2D eigenvalue weighted by Gasteiger charge is -2.23. The van der Waals surface area contributed by atoms with Gasteiger partial charge in [-0.15, -0.1) is 22.7 Å². The van der Waals surface area contributed by atoms with Crippen molar-refractivity contribution >= 4 is 46.3 Å². The molecule has 1 aliphatic rings. The Balaban J connectivity index is 1.37. The number of nitrogens with zero attached hydrogens (tertiary/aromatic N) is 4. The van der Waals surface area contributed by atoms with E-state index < -0.39 is 6.04 Å². The van der Waals surface area contributed by atoms with Gasteiger partial charge < -0.3 is 20.9 Å². The van der Waals surface area contributed by atoms with Gasteiger partial charge in [0.25, 0.3) is 11.8 Å². The van der Waals surface area contributed by atoms with E-state index in [4.69, 9.17) is 0 Å². The van der Waals surface area contributed by atoms with Gasteiger partial charge in [-0.1, -0.05) is 44.2 Å². The van der Waals surface area contributed by atoms with Crippen LogP contribution in [0.25, 0.3) is 0 Å². The first-order valence-corrected chi connectivity index (χ1v) is 18.1. The highest BCUT2D eigenvalue weighted by atomic mass is 32.1. The van der Waals surface area contributed by atoms with Crippen LogP contribution in [-0.4, -0.2) is 68.3 Å². The molecule has 0 fully saturated rings. The molecule has 5 rings (SSSR count). The fourth-order valence-corrected chi connectivity index (χ4v) is 7.24. The van der Waals surface area contributed by atoms with Crippen LogP contribution in [0, 0.1) is 5.92 Å². The zero-order valence-corrected chi connectivity index (χ0v) is 28.9. The standard InChI is InChI=1S/C34H42N8O4S2/c1-22(2)16-25-33-41-28(21-48-33)32(46)39-26(17-23-8-4-3-5-9-23)34-40-27(20-47-34)31(45)35-13-7-15-42(14-6-10-29(43)38-25)30(44)12-11-24-18-36-37-19-24/h3-5,8-9,18-22,25-26H,6-7,10-17H2,1-2H3,(H,35,45)(H,36,37)(H,38,43)(H,39,46)/t25-,26-/m0/s1. The fraction of sp³-hybridized carbons (Fsp3) is 0.441. The van der Waals surface area contributed by atoms with E-state index in [1.807, 2.05) is 30.3 Å². The van der Waals surface area contributed by atoms with E-state index in [-0.39, 0.29) is 53.4 Å². The molecule has 3 aromatic heterocycles. The van der Waals surface area contributed by atoms with Gasteiger partial charge in [0, 0.05) is 49.4 Å². The highest BCUT2D eigenvalue weighted by Crippen LogP contribution is 2.27. The first-order chi connectivity index (χ1) is 23.2. The molecule has 1 aromatic carbocycles. The minimum absolute atomic E-state index is 0.0138. The Hall–Kier alpha value is -4.43. The molecule has 1 aliphatic heterocycles. The molecular formula is C34H42N8O4S2. The molecule has 0 saturated carbocycles. The molecule has 12 nitrogen and oxygen atoms in total. The van der Waals surface area contributed by atoms with E-state index in [0.29, 0.717) is 68.2 Å². The summed E-state index contributed by atoms with van der Waals surface area (Å²) in [5, 5.41) is 20.6. The topological polar surface area (TPSA) is 162 Å². The molecule has 0 aliphatic carbocycles. The Morgan fingerprint density at radius 3 is 2.33 bits per heavy atom. The quantitative estimate of drug-likeness (QED) is 0.220. The average Bonchev–Trinajstić information content (AvgIpc) is 3.87. The van der Waals surface area contributed by atoms with Crippen LogP contribution < -0.4 is 16.0 Å². The van der Waals surface area contributed by atoms with Gasteiger partial charge in [-0.25, -0.2) is 9.97 Å². The van der Waals surface area contributed by atoms with Gasteiger partial charge >= 0.3 is 0 Å². The van der Waals surface area contributed by atoms with Crippen molar-refractivity contribution in [1.29, 1.82) is 0 Å². The Kier molecular flexibility index (Phi) is 12.4. The van der Waals surface area contributed by atoms with Gasteiger partial charge in [0.1, 0.15) is 21.4 Å². The Morgan fingerprint density at radius 1 is 0.917 bits per heavy atom. The highest BCUT2D eigenvalue weighted by Gasteiger charge is 2.25. The van der Waals surface area contributed by atoms with Crippen LogP contribution in [0.1, 0.15) is 100 Å². The van der Waals surface area contributed by atoms with Crippen molar-refractivity contribution in [3.05, 3.63) is 86.0 Å². The number of carbonyl (C=O) groups excluding carboxylic acids is 4. The van der Waals surface area contributed by atoms with Gasteiger partial charge in [0.05, 0.1) is 18.3 Å². The fourth-order valence-electron chi connectivity index (χ4n) is 5.52. The molecule has 0 saturated heterocycles. The number of fused-ring (bicyclic) bond motifs is 4. The molecular weight excluding hydrogens is 649 g/mol. The third-order valence-corrected chi connectivity index (χ3v) is 9.91. The molecule has 14 heteroatoms. The molecule has 0 spiro atoms. The molecule has 0 radical (unpaired) electrons. The number of hydrogen-bond acceptors (Lipinski definition) is 9. The van der Waals surface area contributed by atoms with Crippen molar-refractivity contribution < 1.29 is 19.2 Å². The lowest BCUT2D eigenvalue weighted by atomic mass is 10.0. The summed E-state index contributed by atoms with van der Waals surface area (Å²) in [7, 11) is 0. The second kappa shape index (κ2) is 17.1. The first kappa shape index (κ1) is 34.9. The molecule has 4 amide bonds. The van der Waals surface area contributed by atoms with E-state index in [2.05, 4.69) is 50.0 Å². The lowest BCUT2D eigenvalue weighted by Crippen LogP contribution is -2.36. The number of aromatic nitrogens is 4.